The summed E-state index contributed by atoms with van der Waals surface area (Å²) in [6, 6.07) is 13.6. The fourth-order valence-corrected chi connectivity index (χ4v) is 3.22. The Morgan fingerprint density at radius 1 is 1.00 bits per heavy atom. The quantitative estimate of drug-likeness (QED) is 0.530. The first-order chi connectivity index (χ1) is 15.4. The Balaban J connectivity index is 1.52. The van der Waals surface area contributed by atoms with Crippen molar-refractivity contribution < 1.29 is 19.1 Å². The van der Waals surface area contributed by atoms with Gasteiger partial charge in [0.15, 0.2) is 0 Å². The predicted octanol–water partition coefficient (Wildman–Crippen LogP) is 3.50. The molecule has 1 aliphatic rings. The van der Waals surface area contributed by atoms with Crippen LogP contribution in [0.1, 0.15) is 49.5 Å². The zero-order valence-electron chi connectivity index (χ0n) is 18.8. The first-order valence-corrected chi connectivity index (χ1v) is 11.1. The summed E-state index contributed by atoms with van der Waals surface area (Å²) in [6.07, 6.45) is 1.92. The van der Waals surface area contributed by atoms with E-state index in [2.05, 4.69) is 16.0 Å². The molecule has 2 aromatic carbocycles. The Morgan fingerprint density at radius 2 is 1.66 bits per heavy atom. The van der Waals surface area contributed by atoms with Gasteiger partial charge in [0.05, 0.1) is 6.61 Å². The van der Waals surface area contributed by atoms with Crippen LogP contribution in [0.5, 0.6) is 5.75 Å². The van der Waals surface area contributed by atoms with Crippen molar-refractivity contribution in [3.05, 3.63) is 59.7 Å². The van der Waals surface area contributed by atoms with Crippen LogP contribution in [-0.2, 0) is 16.1 Å². The van der Waals surface area contributed by atoms with Gasteiger partial charge in [-0.2, -0.15) is 0 Å². The number of ether oxygens (including phenoxy) is 1. The van der Waals surface area contributed by atoms with Crippen molar-refractivity contribution in [2.24, 2.45) is 11.8 Å². The standard InChI is InChI=1S/C25H31N3O4/c1-4-32-21-13-9-19(10-14-21)24(30)28-22(16(2)3)25(31)26-15-17-5-11-20(12-6-17)27-23(29)18-7-8-18/h5-6,9-14,16,18,22H,4,7-8,15H2,1-3H3,(H,26,31)(H,27,29)(H,28,30)/t22-/m1/s1. The topological polar surface area (TPSA) is 96.5 Å². The molecule has 2 aromatic rings. The van der Waals surface area contributed by atoms with Gasteiger partial charge in [-0.15, -0.1) is 0 Å². The Hall–Kier alpha value is -3.35. The number of nitrogens with one attached hydrogen (secondary N) is 3. The fraction of sp³-hybridized carbons (Fsp3) is 0.400. The van der Waals surface area contributed by atoms with E-state index in [0.717, 1.165) is 24.1 Å². The van der Waals surface area contributed by atoms with E-state index in [1.54, 1.807) is 24.3 Å². The number of hydrogen-bond donors (Lipinski definition) is 3. The lowest BCUT2D eigenvalue weighted by Crippen LogP contribution is -2.49. The van der Waals surface area contributed by atoms with Gasteiger partial charge in [0.2, 0.25) is 11.8 Å². The van der Waals surface area contributed by atoms with Gasteiger partial charge in [-0.05, 0) is 67.6 Å². The lowest BCUT2D eigenvalue weighted by atomic mass is 10.0. The summed E-state index contributed by atoms with van der Waals surface area (Å²) in [5.74, 6) is 0.277. The molecule has 0 aromatic heterocycles. The Kier molecular flexibility index (Phi) is 7.87. The molecule has 3 N–H and O–H groups in total. The Morgan fingerprint density at radius 3 is 2.22 bits per heavy atom. The van der Waals surface area contributed by atoms with Crippen LogP contribution < -0.4 is 20.7 Å². The number of benzene rings is 2. The SMILES string of the molecule is CCOc1ccc(C(=O)N[C@@H](C(=O)NCc2ccc(NC(=O)C3CC3)cc2)C(C)C)cc1. The second-order valence-electron chi connectivity index (χ2n) is 8.33. The molecular formula is C25H31N3O4. The first kappa shape index (κ1) is 23.3. The van der Waals surface area contributed by atoms with E-state index in [-0.39, 0.29) is 29.6 Å². The minimum Gasteiger partial charge on any atom is -0.494 e. The van der Waals surface area contributed by atoms with Gasteiger partial charge in [0.25, 0.3) is 5.91 Å². The van der Waals surface area contributed by atoms with Crippen molar-refractivity contribution in [2.75, 3.05) is 11.9 Å². The van der Waals surface area contributed by atoms with Crippen molar-refractivity contribution in [1.82, 2.24) is 10.6 Å². The first-order valence-electron chi connectivity index (χ1n) is 11.1. The van der Waals surface area contributed by atoms with E-state index in [1.165, 1.54) is 0 Å². The normalized spacial score (nSPS) is 13.9. The summed E-state index contributed by atoms with van der Waals surface area (Å²) in [7, 11) is 0. The number of carbonyl (C=O) groups excluding carboxylic acids is 3. The van der Waals surface area contributed by atoms with Crippen molar-refractivity contribution in [2.45, 2.75) is 46.2 Å². The molecule has 32 heavy (non-hydrogen) atoms. The molecule has 1 saturated carbocycles. The second kappa shape index (κ2) is 10.8. The fourth-order valence-electron chi connectivity index (χ4n) is 3.22. The molecule has 1 atom stereocenters. The van der Waals surface area contributed by atoms with E-state index >= 15 is 0 Å². The van der Waals surface area contributed by atoms with E-state index in [9.17, 15) is 14.4 Å². The predicted molar refractivity (Wildman–Crippen MR) is 123 cm³/mol. The third-order valence-corrected chi connectivity index (χ3v) is 5.30. The molecule has 0 unspecified atom stereocenters. The van der Waals surface area contributed by atoms with Crippen molar-refractivity contribution in [1.29, 1.82) is 0 Å². The van der Waals surface area contributed by atoms with Crippen molar-refractivity contribution >= 4 is 23.4 Å². The van der Waals surface area contributed by atoms with Crippen LogP contribution in [0.4, 0.5) is 5.69 Å². The second-order valence-corrected chi connectivity index (χ2v) is 8.33. The summed E-state index contributed by atoms with van der Waals surface area (Å²) in [6.45, 7) is 6.56. The van der Waals surface area contributed by atoms with Crippen LogP contribution in [0.15, 0.2) is 48.5 Å². The van der Waals surface area contributed by atoms with Gasteiger partial charge in [-0.3, -0.25) is 14.4 Å². The number of anilines is 1. The van der Waals surface area contributed by atoms with Crippen LogP contribution >= 0.6 is 0 Å². The van der Waals surface area contributed by atoms with Crippen LogP contribution in [0.2, 0.25) is 0 Å². The lowest BCUT2D eigenvalue weighted by molar-refractivity contribution is -0.124. The van der Waals surface area contributed by atoms with Crippen molar-refractivity contribution in [3.63, 3.8) is 0 Å². The molecule has 0 saturated heterocycles. The van der Waals surface area contributed by atoms with E-state index in [0.29, 0.717) is 24.5 Å². The average Bonchev–Trinajstić information content (AvgIpc) is 3.63. The maximum Gasteiger partial charge on any atom is 0.251 e. The minimum atomic E-state index is -0.661. The molecule has 7 heteroatoms. The molecule has 1 aliphatic carbocycles. The zero-order chi connectivity index (χ0) is 23.1. The van der Waals surface area contributed by atoms with Gasteiger partial charge in [0, 0.05) is 23.7 Å². The number of hydrogen-bond acceptors (Lipinski definition) is 4. The Labute approximate surface area is 188 Å². The molecule has 7 nitrogen and oxygen atoms in total. The molecule has 170 valence electrons. The summed E-state index contributed by atoms with van der Waals surface area (Å²) in [4.78, 5) is 37.2. The summed E-state index contributed by atoms with van der Waals surface area (Å²) in [5.41, 5.74) is 2.12. The van der Waals surface area contributed by atoms with Gasteiger partial charge in [-0.25, -0.2) is 0 Å². The van der Waals surface area contributed by atoms with Crippen molar-refractivity contribution in [3.8, 4) is 5.75 Å². The highest BCUT2D eigenvalue weighted by Crippen LogP contribution is 2.30. The van der Waals surface area contributed by atoms with Crippen LogP contribution in [-0.4, -0.2) is 30.4 Å². The highest BCUT2D eigenvalue weighted by molar-refractivity contribution is 5.97. The zero-order valence-corrected chi connectivity index (χ0v) is 18.8. The molecular weight excluding hydrogens is 406 g/mol. The largest absolute Gasteiger partial charge is 0.494 e. The third-order valence-electron chi connectivity index (χ3n) is 5.30. The summed E-state index contributed by atoms with van der Waals surface area (Å²) >= 11 is 0. The maximum atomic E-state index is 12.8. The number of rotatable bonds is 10. The maximum absolute atomic E-state index is 12.8. The van der Waals surface area contributed by atoms with E-state index < -0.39 is 6.04 Å². The highest BCUT2D eigenvalue weighted by atomic mass is 16.5. The van der Waals surface area contributed by atoms with Gasteiger partial charge >= 0.3 is 0 Å². The van der Waals surface area contributed by atoms with Crippen LogP contribution in [0.3, 0.4) is 0 Å². The molecule has 0 spiro atoms. The average molecular weight is 438 g/mol. The van der Waals surface area contributed by atoms with Crippen LogP contribution in [0, 0.1) is 11.8 Å². The smallest absolute Gasteiger partial charge is 0.251 e. The molecule has 0 radical (unpaired) electrons. The summed E-state index contributed by atoms with van der Waals surface area (Å²) < 4.78 is 5.39. The molecule has 0 bridgehead atoms. The minimum absolute atomic E-state index is 0.0640. The van der Waals surface area contributed by atoms with Crippen LogP contribution in [0.25, 0.3) is 0 Å². The molecule has 0 aliphatic heterocycles. The molecule has 3 rings (SSSR count). The van der Waals surface area contributed by atoms with Gasteiger partial charge < -0.3 is 20.7 Å². The molecule has 1 fully saturated rings. The van der Waals surface area contributed by atoms with E-state index in [1.807, 2.05) is 45.0 Å². The van der Waals surface area contributed by atoms with Gasteiger partial charge in [0.1, 0.15) is 11.8 Å². The molecule has 3 amide bonds. The number of amides is 3. The van der Waals surface area contributed by atoms with Gasteiger partial charge in [-0.1, -0.05) is 26.0 Å². The Bertz CT molecular complexity index is 935. The number of carbonyl (C=O) groups is 3. The summed E-state index contributed by atoms with van der Waals surface area (Å²) in [5, 5.41) is 8.61. The third kappa shape index (κ3) is 6.57. The van der Waals surface area contributed by atoms with E-state index in [4.69, 9.17) is 4.74 Å². The highest BCUT2D eigenvalue weighted by Gasteiger charge is 2.29. The molecule has 0 heterocycles. The monoisotopic (exact) mass is 437 g/mol. The lowest BCUT2D eigenvalue weighted by Gasteiger charge is -2.22.